The second-order valence-corrected chi connectivity index (χ2v) is 4.35. The van der Waals surface area contributed by atoms with Gasteiger partial charge in [0.25, 0.3) is 0 Å². The highest BCUT2D eigenvalue weighted by Crippen LogP contribution is 2.35. The Morgan fingerprint density at radius 1 is 1.43 bits per heavy atom. The normalized spacial score (nSPS) is 27.6. The van der Waals surface area contributed by atoms with E-state index in [1.54, 1.807) is 0 Å². The Kier molecular flexibility index (Phi) is 2.59. The highest BCUT2D eigenvalue weighted by molar-refractivity contribution is 5.78. The summed E-state index contributed by atoms with van der Waals surface area (Å²) in [6, 6.07) is 0. The van der Waals surface area contributed by atoms with Crippen molar-refractivity contribution in [2.45, 2.75) is 32.1 Å². The van der Waals surface area contributed by atoms with E-state index in [4.69, 9.17) is 0 Å². The molecule has 1 aliphatic carbocycles. The standard InChI is InChI=1S/C11H18N2O/c1-12(2)13-10-6-4-3-5-9(10)7-8-11(13)14/h6,9H,3-5,7-8H2,1-2H3. The fourth-order valence-electron chi connectivity index (χ4n) is 2.48. The molecule has 1 heterocycles. The first-order valence-corrected chi connectivity index (χ1v) is 5.40. The van der Waals surface area contributed by atoms with Crippen LogP contribution in [0.15, 0.2) is 11.8 Å². The smallest absolute Gasteiger partial charge is 0.241 e. The first-order valence-electron chi connectivity index (χ1n) is 5.40. The van der Waals surface area contributed by atoms with Crippen LogP contribution in [0.5, 0.6) is 0 Å². The zero-order valence-electron chi connectivity index (χ0n) is 8.99. The van der Waals surface area contributed by atoms with Gasteiger partial charge in [-0.25, -0.2) is 10.0 Å². The molecule has 1 amide bonds. The molecular weight excluding hydrogens is 176 g/mol. The van der Waals surface area contributed by atoms with Crippen molar-refractivity contribution in [3.05, 3.63) is 11.8 Å². The highest BCUT2D eigenvalue weighted by Gasteiger charge is 2.32. The number of piperidine rings is 1. The Morgan fingerprint density at radius 3 is 2.93 bits per heavy atom. The molecule has 0 spiro atoms. The van der Waals surface area contributed by atoms with Crippen molar-refractivity contribution in [2.24, 2.45) is 5.92 Å². The Morgan fingerprint density at radius 2 is 2.21 bits per heavy atom. The van der Waals surface area contributed by atoms with E-state index in [-0.39, 0.29) is 5.91 Å². The third kappa shape index (κ3) is 1.57. The average molecular weight is 194 g/mol. The lowest BCUT2D eigenvalue weighted by Crippen LogP contribution is -2.46. The molecule has 2 rings (SSSR count). The molecule has 2 aliphatic rings. The van der Waals surface area contributed by atoms with E-state index in [0.717, 1.165) is 12.8 Å². The van der Waals surface area contributed by atoms with Crippen LogP contribution in [0.25, 0.3) is 0 Å². The minimum Gasteiger partial charge on any atom is -0.273 e. The van der Waals surface area contributed by atoms with E-state index in [0.29, 0.717) is 12.3 Å². The van der Waals surface area contributed by atoms with Crippen LogP contribution in [0.2, 0.25) is 0 Å². The van der Waals surface area contributed by atoms with Crippen LogP contribution in [-0.2, 0) is 4.79 Å². The number of carbonyl (C=O) groups excluding carboxylic acids is 1. The van der Waals surface area contributed by atoms with Crippen LogP contribution in [-0.4, -0.2) is 30.0 Å². The van der Waals surface area contributed by atoms with Crippen molar-refractivity contribution in [1.29, 1.82) is 0 Å². The van der Waals surface area contributed by atoms with Gasteiger partial charge in [-0.2, -0.15) is 0 Å². The third-order valence-corrected chi connectivity index (χ3v) is 3.12. The number of nitrogens with zero attached hydrogens (tertiary/aromatic N) is 2. The second kappa shape index (κ2) is 3.73. The predicted octanol–water partition coefficient (Wildman–Crippen LogP) is 1.77. The number of carbonyl (C=O) groups is 1. The highest BCUT2D eigenvalue weighted by atomic mass is 16.2. The Hall–Kier alpha value is -0.830. The number of amides is 1. The lowest BCUT2D eigenvalue weighted by atomic mass is 9.85. The van der Waals surface area contributed by atoms with Gasteiger partial charge in [-0.05, 0) is 25.7 Å². The number of hydrazine groups is 1. The topological polar surface area (TPSA) is 23.6 Å². The lowest BCUT2D eigenvalue weighted by Gasteiger charge is -2.40. The summed E-state index contributed by atoms with van der Waals surface area (Å²) in [5.74, 6) is 0.878. The van der Waals surface area contributed by atoms with Gasteiger partial charge < -0.3 is 0 Å². The second-order valence-electron chi connectivity index (χ2n) is 4.35. The summed E-state index contributed by atoms with van der Waals surface area (Å²) in [5.41, 5.74) is 1.25. The molecule has 3 nitrogen and oxygen atoms in total. The number of hydrogen-bond acceptors (Lipinski definition) is 2. The SMILES string of the molecule is CN(C)N1C(=O)CCC2CCCC=C21. The van der Waals surface area contributed by atoms with Crippen molar-refractivity contribution >= 4 is 5.91 Å². The number of hydrogen-bond donors (Lipinski definition) is 0. The van der Waals surface area contributed by atoms with E-state index in [1.807, 2.05) is 24.1 Å². The van der Waals surface area contributed by atoms with Crippen LogP contribution >= 0.6 is 0 Å². The lowest BCUT2D eigenvalue weighted by molar-refractivity contribution is -0.144. The minimum atomic E-state index is 0.249. The zero-order valence-corrected chi connectivity index (χ0v) is 8.99. The van der Waals surface area contributed by atoms with E-state index < -0.39 is 0 Å². The van der Waals surface area contributed by atoms with E-state index in [1.165, 1.54) is 18.5 Å². The summed E-state index contributed by atoms with van der Waals surface area (Å²) < 4.78 is 0. The molecule has 0 aromatic carbocycles. The molecule has 1 unspecified atom stereocenters. The average Bonchev–Trinajstić information content (AvgIpc) is 2.17. The maximum Gasteiger partial charge on any atom is 0.241 e. The molecule has 1 atom stereocenters. The van der Waals surface area contributed by atoms with Crippen LogP contribution in [0.1, 0.15) is 32.1 Å². The minimum absolute atomic E-state index is 0.249. The summed E-state index contributed by atoms with van der Waals surface area (Å²) in [6.07, 6.45) is 7.66. The fraction of sp³-hybridized carbons (Fsp3) is 0.727. The predicted molar refractivity (Wildman–Crippen MR) is 55.2 cm³/mol. The monoisotopic (exact) mass is 194 g/mol. The van der Waals surface area contributed by atoms with Gasteiger partial charge in [-0.1, -0.05) is 6.08 Å². The Bertz CT molecular complexity index is 270. The van der Waals surface area contributed by atoms with E-state index in [2.05, 4.69) is 6.08 Å². The molecule has 78 valence electrons. The van der Waals surface area contributed by atoms with E-state index >= 15 is 0 Å². The molecule has 0 aromatic rings. The molecule has 3 heteroatoms. The molecule has 1 fully saturated rings. The first-order chi connectivity index (χ1) is 6.70. The van der Waals surface area contributed by atoms with Crippen LogP contribution in [0.4, 0.5) is 0 Å². The maximum absolute atomic E-state index is 11.7. The van der Waals surface area contributed by atoms with Gasteiger partial charge in [0, 0.05) is 32.1 Å². The molecule has 0 saturated carbocycles. The van der Waals surface area contributed by atoms with Gasteiger partial charge in [-0.3, -0.25) is 4.79 Å². The fourth-order valence-corrected chi connectivity index (χ4v) is 2.48. The Balaban J connectivity index is 2.25. The van der Waals surface area contributed by atoms with Gasteiger partial charge >= 0.3 is 0 Å². The van der Waals surface area contributed by atoms with Gasteiger partial charge in [0.2, 0.25) is 5.91 Å². The van der Waals surface area contributed by atoms with Crippen molar-refractivity contribution in [1.82, 2.24) is 10.0 Å². The van der Waals surface area contributed by atoms with Crippen LogP contribution < -0.4 is 0 Å². The largest absolute Gasteiger partial charge is 0.273 e. The van der Waals surface area contributed by atoms with Gasteiger partial charge in [-0.15, -0.1) is 0 Å². The molecule has 1 saturated heterocycles. The molecule has 0 N–H and O–H groups in total. The molecule has 0 radical (unpaired) electrons. The first kappa shape index (κ1) is 9.71. The maximum atomic E-state index is 11.7. The van der Waals surface area contributed by atoms with E-state index in [9.17, 15) is 4.79 Å². The molecule has 14 heavy (non-hydrogen) atoms. The van der Waals surface area contributed by atoms with Gasteiger partial charge in [0.1, 0.15) is 0 Å². The zero-order chi connectivity index (χ0) is 10.1. The summed E-state index contributed by atoms with van der Waals surface area (Å²) >= 11 is 0. The van der Waals surface area contributed by atoms with Gasteiger partial charge in [0.05, 0.1) is 0 Å². The van der Waals surface area contributed by atoms with Crippen molar-refractivity contribution < 1.29 is 4.79 Å². The molecular formula is C11H18N2O. The van der Waals surface area contributed by atoms with Crippen molar-refractivity contribution in [3.8, 4) is 0 Å². The summed E-state index contributed by atoms with van der Waals surface area (Å²) in [5, 5.41) is 3.76. The van der Waals surface area contributed by atoms with Gasteiger partial charge in [0.15, 0.2) is 0 Å². The third-order valence-electron chi connectivity index (χ3n) is 3.12. The van der Waals surface area contributed by atoms with Crippen LogP contribution in [0, 0.1) is 5.92 Å². The summed E-state index contributed by atoms with van der Waals surface area (Å²) in [6.45, 7) is 0. The Labute approximate surface area is 85.3 Å². The van der Waals surface area contributed by atoms with Crippen molar-refractivity contribution in [3.63, 3.8) is 0 Å². The molecule has 0 bridgehead atoms. The van der Waals surface area contributed by atoms with Crippen LogP contribution in [0.3, 0.4) is 0 Å². The quantitative estimate of drug-likeness (QED) is 0.635. The number of allylic oxidation sites excluding steroid dienone is 2. The number of rotatable bonds is 1. The summed E-state index contributed by atoms with van der Waals surface area (Å²) in [4.78, 5) is 11.7. The molecule has 1 aliphatic heterocycles. The molecule has 0 aromatic heterocycles. The van der Waals surface area contributed by atoms with Crippen molar-refractivity contribution in [2.75, 3.05) is 14.1 Å². The summed E-state index contributed by atoms with van der Waals surface area (Å²) in [7, 11) is 3.88. The number of fused-ring (bicyclic) bond motifs is 1.